The van der Waals surface area contributed by atoms with Crippen molar-refractivity contribution in [3.05, 3.63) is 48.2 Å². The summed E-state index contributed by atoms with van der Waals surface area (Å²) in [5, 5.41) is 0. The van der Waals surface area contributed by atoms with Crippen molar-refractivity contribution in [2.24, 2.45) is 0 Å². The number of amides is 1. The molecule has 1 aromatic carbocycles. The number of nitrogens with zero attached hydrogens (tertiary/aromatic N) is 6. The van der Waals surface area contributed by atoms with Crippen molar-refractivity contribution >= 4 is 17.4 Å². The number of piperazine rings is 2. The van der Waals surface area contributed by atoms with Crippen molar-refractivity contribution in [2.45, 2.75) is 6.92 Å². The molecule has 2 aliphatic rings. The van der Waals surface area contributed by atoms with Crippen LogP contribution in [0.15, 0.2) is 36.7 Å². The summed E-state index contributed by atoms with van der Waals surface area (Å²) in [6.45, 7) is 9.74. The van der Waals surface area contributed by atoms with Gasteiger partial charge in [0.15, 0.2) is 0 Å². The maximum atomic E-state index is 13.1. The van der Waals surface area contributed by atoms with Gasteiger partial charge in [0.2, 0.25) is 0 Å². The Kier molecular flexibility index (Phi) is 5.89. The normalized spacial score (nSPS) is 18.2. The van der Waals surface area contributed by atoms with Gasteiger partial charge in [0.25, 0.3) is 5.91 Å². The van der Waals surface area contributed by atoms with Crippen LogP contribution in [0.2, 0.25) is 0 Å². The molecule has 2 aliphatic heterocycles. The van der Waals surface area contributed by atoms with Gasteiger partial charge in [-0.05, 0) is 30.8 Å². The molecule has 1 amide bonds. The minimum Gasteiger partial charge on any atom is -0.368 e. The van der Waals surface area contributed by atoms with Gasteiger partial charge in [-0.25, -0.2) is 14.4 Å². The number of halogens is 1. The maximum absolute atomic E-state index is 13.1. The van der Waals surface area contributed by atoms with Crippen molar-refractivity contribution in [3.63, 3.8) is 0 Å². The van der Waals surface area contributed by atoms with Crippen LogP contribution in [0.25, 0.3) is 0 Å². The number of hydrogen-bond donors (Lipinski definition) is 0. The third-order valence-electron chi connectivity index (χ3n) is 5.77. The molecule has 4 rings (SSSR count). The van der Waals surface area contributed by atoms with E-state index in [4.69, 9.17) is 0 Å². The highest BCUT2D eigenvalue weighted by Gasteiger charge is 2.24. The number of likely N-dealkylation sites (N-methyl/N-ethyl adjacent to an activating group) is 1. The van der Waals surface area contributed by atoms with Crippen LogP contribution in [0, 0.1) is 5.82 Å². The summed E-state index contributed by atoms with van der Waals surface area (Å²) in [5.41, 5.74) is 1.43. The predicted molar refractivity (Wildman–Crippen MR) is 111 cm³/mol. The fourth-order valence-electron chi connectivity index (χ4n) is 3.91. The number of carbonyl (C=O) groups is 1. The second-order valence-electron chi connectivity index (χ2n) is 7.44. The lowest BCUT2D eigenvalue weighted by atomic mass is 10.2. The summed E-state index contributed by atoms with van der Waals surface area (Å²) >= 11 is 0. The molecule has 0 bridgehead atoms. The molecular formula is C21H27FN6O. The van der Waals surface area contributed by atoms with Crippen molar-refractivity contribution < 1.29 is 9.18 Å². The SMILES string of the molecule is CCN1CCN(c2cc(C(=O)N3CCN(c4ccc(F)cc4)CC3)ncn2)CC1. The minimum absolute atomic E-state index is 0.0559. The summed E-state index contributed by atoms with van der Waals surface area (Å²) in [5.74, 6) is 0.530. The third-order valence-corrected chi connectivity index (χ3v) is 5.77. The van der Waals surface area contributed by atoms with Gasteiger partial charge in [-0.15, -0.1) is 0 Å². The fourth-order valence-corrected chi connectivity index (χ4v) is 3.91. The van der Waals surface area contributed by atoms with Crippen LogP contribution in [0.4, 0.5) is 15.9 Å². The first-order valence-electron chi connectivity index (χ1n) is 10.2. The maximum Gasteiger partial charge on any atom is 0.272 e. The molecule has 0 saturated carbocycles. The van der Waals surface area contributed by atoms with Crippen molar-refractivity contribution in [3.8, 4) is 0 Å². The Morgan fingerprint density at radius 2 is 1.59 bits per heavy atom. The molecule has 2 fully saturated rings. The average Bonchev–Trinajstić information content (AvgIpc) is 2.79. The topological polar surface area (TPSA) is 55.8 Å². The van der Waals surface area contributed by atoms with Crippen LogP contribution in [-0.2, 0) is 0 Å². The van der Waals surface area contributed by atoms with Gasteiger partial charge in [0.1, 0.15) is 23.7 Å². The molecule has 3 heterocycles. The summed E-state index contributed by atoms with van der Waals surface area (Å²) < 4.78 is 13.1. The predicted octanol–water partition coefficient (Wildman–Crippen LogP) is 1.72. The quantitative estimate of drug-likeness (QED) is 0.782. The van der Waals surface area contributed by atoms with Gasteiger partial charge in [-0.2, -0.15) is 0 Å². The fraction of sp³-hybridized carbons (Fsp3) is 0.476. The minimum atomic E-state index is -0.238. The molecule has 0 atom stereocenters. The molecule has 2 aromatic rings. The number of hydrogen-bond acceptors (Lipinski definition) is 6. The Labute approximate surface area is 170 Å². The molecule has 0 spiro atoms. The molecule has 29 heavy (non-hydrogen) atoms. The van der Waals surface area contributed by atoms with Gasteiger partial charge in [0.05, 0.1) is 0 Å². The zero-order valence-electron chi connectivity index (χ0n) is 16.8. The molecule has 0 radical (unpaired) electrons. The molecule has 0 aliphatic carbocycles. The molecule has 1 aromatic heterocycles. The first-order chi connectivity index (χ1) is 14.1. The zero-order valence-corrected chi connectivity index (χ0v) is 16.8. The van der Waals surface area contributed by atoms with Gasteiger partial charge < -0.3 is 19.6 Å². The Morgan fingerprint density at radius 1 is 0.931 bits per heavy atom. The van der Waals surface area contributed by atoms with E-state index in [1.165, 1.54) is 18.5 Å². The lowest BCUT2D eigenvalue weighted by Crippen LogP contribution is -2.49. The van der Waals surface area contributed by atoms with Crippen LogP contribution in [0.1, 0.15) is 17.4 Å². The largest absolute Gasteiger partial charge is 0.368 e. The number of anilines is 2. The van der Waals surface area contributed by atoms with Gasteiger partial charge in [-0.3, -0.25) is 4.79 Å². The highest BCUT2D eigenvalue weighted by Crippen LogP contribution is 2.19. The van der Waals surface area contributed by atoms with E-state index in [1.54, 1.807) is 12.1 Å². The third kappa shape index (κ3) is 4.48. The van der Waals surface area contributed by atoms with E-state index >= 15 is 0 Å². The van der Waals surface area contributed by atoms with Crippen molar-refractivity contribution in [1.29, 1.82) is 0 Å². The molecule has 2 saturated heterocycles. The molecule has 8 heteroatoms. The number of aromatic nitrogens is 2. The van der Waals surface area contributed by atoms with Crippen LogP contribution >= 0.6 is 0 Å². The highest BCUT2D eigenvalue weighted by molar-refractivity contribution is 5.93. The number of carbonyl (C=O) groups excluding carboxylic acids is 1. The smallest absolute Gasteiger partial charge is 0.272 e. The first kappa shape index (κ1) is 19.6. The Hall–Kier alpha value is -2.74. The average molecular weight is 398 g/mol. The summed E-state index contributed by atoms with van der Waals surface area (Å²) in [7, 11) is 0. The van der Waals surface area contributed by atoms with Crippen molar-refractivity contribution in [1.82, 2.24) is 19.8 Å². The van der Waals surface area contributed by atoms with E-state index in [0.29, 0.717) is 31.9 Å². The monoisotopic (exact) mass is 398 g/mol. The Balaban J connectivity index is 1.37. The van der Waals surface area contributed by atoms with Gasteiger partial charge >= 0.3 is 0 Å². The van der Waals surface area contributed by atoms with Crippen LogP contribution < -0.4 is 9.80 Å². The highest BCUT2D eigenvalue weighted by atomic mass is 19.1. The van der Waals surface area contributed by atoms with Gasteiger partial charge in [0, 0.05) is 64.1 Å². The van der Waals surface area contributed by atoms with E-state index < -0.39 is 0 Å². The Bertz CT molecular complexity index is 829. The lowest BCUT2D eigenvalue weighted by Gasteiger charge is -2.36. The van der Waals surface area contributed by atoms with E-state index in [1.807, 2.05) is 11.0 Å². The first-order valence-corrected chi connectivity index (χ1v) is 10.2. The Morgan fingerprint density at radius 3 is 2.24 bits per heavy atom. The van der Waals surface area contributed by atoms with Crippen LogP contribution in [-0.4, -0.2) is 84.6 Å². The number of rotatable bonds is 4. The molecule has 7 nitrogen and oxygen atoms in total. The van der Waals surface area contributed by atoms with Crippen LogP contribution in [0.3, 0.4) is 0 Å². The summed E-state index contributed by atoms with van der Waals surface area (Å²) in [6.07, 6.45) is 1.49. The second kappa shape index (κ2) is 8.73. The van der Waals surface area contributed by atoms with Crippen molar-refractivity contribution in [2.75, 3.05) is 68.7 Å². The molecule has 0 N–H and O–H groups in total. The van der Waals surface area contributed by atoms with Gasteiger partial charge in [-0.1, -0.05) is 6.92 Å². The summed E-state index contributed by atoms with van der Waals surface area (Å²) in [4.78, 5) is 30.2. The van der Waals surface area contributed by atoms with E-state index in [9.17, 15) is 9.18 Å². The molecular weight excluding hydrogens is 371 g/mol. The molecule has 0 unspecified atom stereocenters. The summed E-state index contributed by atoms with van der Waals surface area (Å²) in [6, 6.07) is 8.31. The number of benzene rings is 1. The van der Waals surface area contributed by atoms with E-state index in [-0.39, 0.29) is 11.7 Å². The zero-order chi connectivity index (χ0) is 20.2. The van der Waals surface area contributed by atoms with E-state index in [0.717, 1.165) is 44.2 Å². The van der Waals surface area contributed by atoms with E-state index in [2.05, 4.69) is 31.6 Å². The standard InChI is InChI=1S/C21H27FN6O/c1-2-25-7-9-27(10-8-25)20-15-19(23-16-24-20)21(29)28-13-11-26(12-14-28)18-5-3-17(22)4-6-18/h3-6,15-16H,2,7-14H2,1H3. The van der Waals surface area contributed by atoms with Crippen LogP contribution in [0.5, 0.6) is 0 Å². The second-order valence-corrected chi connectivity index (χ2v) is 7.44. The molecule has 154 valence electrons. The lowest BCUT2D eigenvalue weighted by molar-refractivity contribution is 0.0740.